The van der Waals surface area contributed by atoms with Gasteiger partial charge in [0.25, 0.3) is 5.91 Å². The predicted molar refractivity (Wildman–Crippen MR) is 87.0 cm³/mol. The summed E-state index contributed by atoms with van der Waals surface area (Å²) in [6.07, 6.45) is 1.09. The molecule has 1 aromatic rings. The van der Waals surface area contributed by atoms with E-state index in [9.17, 15) is 18.0 Å². The molecule has 7 heteroatoms. The van der Waals surface area contributed by atoms with Crippen molar-refractivity contribution >= 4 is 21.7 Å². The monoisotopic (exact) mass is 341 g/mol. The third-order valence-electron chi connectivity index (χ3n) is 3.25. The van der Waals surface area contributed by atoms with Crippen LogP contribution in [0.3, 0.4) is 0 Å². The van der Waals surface area contributed by atoms with Crippen LogP contribution in [0.2, 0.25) is 0 Å². The highest BCUT2D eigenvalue weighted by atomic mass is 32.2. The van der Waals surface area contributed by atoms with E-state index in [0.29, 0.717) is 0 Å². The molecule has 0 aliphatic rings. The van der Waals surface area contributed by atoms with E-state index in [-0.39, 0.29) is 35.1 Å². The molecule has 1 rings (SSSR count). The van der Waals surface area contributed by atoms with Gasteiger partial charge >= 0.3 is 5.97 Å². The van der Waals surface area contributed by atoms with E-state index < -0.39 is 15.8 Å². The number of ether oxygens (including phenoxy) is 1. The molecule has 0 unspecified atom stereocenters. The molecular formula is C16H23NO5S. The molecule has 0 aliphatic heterocycles. The van der Waals surface area contributed by atoms with Crippen molar-refractivity contribution in [1.82, 2.24) is 4.90 Å². The molecule has 6 nitrogen and oxygen atoms in total. The summed E-state index contributed by atoms with van der Waals surface area (Å²) in [4.78, 5) is 25.8. The first-order chi connectivity index (χ1) is 10.5. The number of rotatable bonds is 6. The quantitative estimate of drug-likeness (QED) is 0.738. The summed E-state index contributed by atoms with van der Waals surface area (Å²) < 4.78 is 27.7. The summed E-state index contributed by atoms with van der Waals surface area (Å²) in [6, 6.07) is 5.42. The number of carbonyl (C=O) groups is 2. The maximum atomic E-state index is 12.1. The van der Waals surface area contributed by atoms with Gasteiger partial charge in [-0.05, 0) is 52.0 Å². The second-order valence-electron chi connectivity index (χ2n) is 5.86. The average molecular weight is 341 g/mol. The van der Waals surface area contributed by atoms with Gasteiger partial charge in [-0.3, -0.25) is 4.79 Å². The van der Waals surface area contributed by atoms with Crippen LogP contribution in [0.25, 0.3) is 0 Å². The lowest BCUT2D eigenvalue weighted by Crippen LogP contribution is -2.44. The maximum Gasteiger partial charge on any atom is 0.338 e. The first-order valence-corrected chi connectivity index (χ1v) is 9.21. The van der Waals surface area contributed by atoms with E-state index in [2.05, 4.69) is 0 Å². The molecule has 23 heavy (non-hydrogen) atoms. The Hall–Kier alpha value is -1.89. The van der Waals surface area contributed by atoms with Gasteiger partial charge in [0, 0.05) is 18.3 Å². The van der Waals surface area contributed by atoms with Gasteiger partial charge in [0.15, 0.2) is 16.4 Å². The van der Waals surface area contributed by atoms with Crippen molar-refractivity contribution in [2.45, 2.75) is 44.7 Å². The molecule has 128 valence electrons. The second-order valence-corrected chi connectivity index (χ2v) is 7.88. The van der Waals surface area contributed by atoms with Crippen LogP contribution in [0.15, 0.2) is 29.2 Å². The van der Waals surface area contributed by atoms with Crippen LogP contribution < -0.4 is 0 Å². The highest BCUT2D eigenvalue weighted by Crippen LogP contribution is 2.12. The van der Waals surface area contributed by atoms with E-state index in [0.717, 1.165) is 6.26 Å². The summed E-state index contributed by atoms with van der Waals surface area (Å²) in [5.41, 5.74) is 0.200. The zero-order valence-corrected chi connectivity index (χ0v) is 14.9. The Morgan fingerprint density at radius 3 is 1.91 bits per heavy atom. The Kier molecular flexibility index (Phi) is 6.32. The maximum absolute atomic E-state index is 12.1. The van der Waals surface area contributed by atoms with Crippen molar-refractivity contribution in [3.63, 3.8) is 0 Å². The molecule has 0 heterocycles. The zero-order valence-electron chi connectivity index (χ0n) is 14.1. The van der Waals surface area contributed by atoms with Crippen LogP contribution in [0.5, 0.6) is 0 Å². The Balaban J connectivity index is 2.72. The standard InChI is InChI=1S/C16H23NO5S/c1-11(2)17(12(3)4)15(18)10-22-16(19)13-6-8-14(9-7-13)23(5,20)21/h6-9,11-12H,10H2,1-5H3. The summed E-state index contributed by atoms with van der Waals surface area (Å²) in [6.45, 7) is 7.23. The summed E-state index contributed by atoms with van der Waals surface area (Å²) in [7, 11) is -3.31. The van der Waals surface area contributed by atoms with Gasteiger partial charge in [-0.1, -0.05) is 0 Å². The highest BCUT2D eigenvalue weighted by Gasteiger charge is 2.21. The molecule has 0 N–H and O–H groups in total. The van der Waals surface area contributed by atoms with Crippen molar-refractivity contribution in [3.8, 4) is 0 Å². The van der Waals surface area contributed by atoms with Gasteiger partial charge in [-0.15, -0.1) is 0 Å². The third-order valence-corrected chi connectivity index (χ3v) is 4.37. The lowest BCUT2D eigenvalue weighted by molar-refractivity contribution is -0.138. The lowest BCUT2D eigenvalue weighted by Gasteiger charge is -2.30. The largest absolute Gasteiger partial charge is 0.452 e. The Labute approximate surface area is 137 Å². The van der Waals surface area contributed by atoms with E-state index >= 15 is 0 Å². The molecule has 0 aliphatic carbocycles. The molecule has 0 saturated carbocycles. The van der Waals surface area contributed by atoms with E-state index in [1.54, 1.807) is 4.90 Å². The molecule has 0 atom stereocenters. The van der Waals surface area contributed by atoms with Crippen molar-refractivity contribution in [2.24, 2.45) is 0 Å². The van der Waals surface area contributed by atoms with Gasteiger partial charge < -0.3 is 9.64 Å². The van der Waals surface area contributed by atoms with Crippen molar-refractivity contribution in [1.29, 1.82) is 0 Å². The van der Waals surface area contributed by atoms with Crippen LogP contribution >= 0.6 is 0 Å². The lowest BCUT2D eigenvalue weighted by atomic mass is 10.2. The number of hydrogen-bond acceptors (Lipinski definition) is 5. The zero-order chi connectivity index (χ0) is 17.8. The molecule has 0 radical (unpaired) electrons. The van der Waals surface area contributed by atoms with Crippen molar-refractivity contribution < 1.29 is 22.7 Å². The number of benzene rings is 1. The van der Waals surface area contributed by atoms with Gasteiger partial charge in [0.2, 0.25) is 0 Å². The second kappa shape index (κ2) is 7.59. The number of carbonyl (C=O) groups excluding carboxylic acids is 2. The first-order valence-electron chi connectivity index (χ1n) is 7.32. The van der Waals surface area contributed by atoms with Crippen LogP contribution in [0.4, 0.5) is 0 Å². The predicted octanol–water partition coefficient (Wildman–Crippen LogP) is 1.89. The van der Waals surface area contributed by atoms with Crippen LogP contribution in [-0.2, 0) is 19.4 Å². The SMILES string of the molecule is CC(C)N(C(=O)COC(=O)c1ccc(S(C)(=O)=O)cc1)C(C)C. The third kappa shape index (κ3) is 5.35. The smallest absolute Gasteiger partial charge is 0.338 e. The Morgan fingerprint density at radius 2 is 1.52 bits per heavy atom. The van der Waals surface area contributed by atoms with E-state index in [4.69, 9.17) is 4.74 Å². The number of amides is 1. The van der Waals surface area contributed by atoms with E-state index in [1.807, 2.05) is 27.7 Å². The van der Waals surface area contributed by atoms with Gasteiger partial charge in [0.1, 0.15) is 0 Å². The number of nitrogens with zero attached hydrogens (tertiary/aromatic N) is 1. The molecule has 0 saturated heterocycles. The minimum atomic E-state index is -3.31. The van der Waals surface area contributed by atoms with Gasteiger partial charge in [-0.25, -0.2) is 13.2 Å². The molecule has 0 fully saturated rings. The Bertz CT molecular complexity index is 654. The number of hydrogen-bond donors (Lipinski definition) is 0. The fourth-order valence-electron chi connectivity index (χ4n) is 2.30. The summed E-state index contributed by atoms with van der Waals surface area (Å²) in [5.74, 6) is -0.929. The average Bonchev–Trinajstić information content (AvgIpc) is 2.43. The highest BCUT2D eigenvalue weighted by molar-refractivity contribution is 7.90. The number of esters is 1. The molecule has 0 bridgehead atoms. The van der Waals surface area contributed by atoms with Crippen LogP contribution in [-0.4, -0.2) is 50.1 Å². The van der Waals surface area contributed by atoms with Crippen molar-refractivity contribution in [3.05, 3.63) is 29.8 Å². The molecule has 0 aromatic heterocycles. The van der Waals surface area contributed by atoms with E-state index in [1.165, 1.54) is 24.3 Å². The first kappa shape index (κ1) is 19.2. The molecule has 0 spiro atoms. The van der Waals surface area contributed by atoms with Crippen LogP contribution in [0, 0.1) is 0 Å². The normalized spacial score (nSPS) is 11.6. The van der Waals surface area contributed by atoms with Gasteiger partial charge in [-0.2, -0.15) is 0 Å². The van der Waals surface area contributed by atoms with Gasteiger partial charge in [0.05, 0.1) is 10.5 Å². The molecule has 1 aromatic carbocycles. The molecular weight excluding hydrogens is 318 g/mol. The number of sulfone groups is 1. The van der Waals surface area contributed by atoms with Crippen LogP contribution in [0.1, 0.15) is 38.1 Å². The topological polar surface area (TPSA) is 80.8 Å². The summed E-state index contributed by atoms with van der Waals surface area (Å²) >= 11 is 0. The fourth-order valence-corrected chi connectivity index (χ4v) is 2.93. The summed E-state index contributed by atoms with van der Waals surface area (Å²) in [5, 5.41) is 0. The molecule has 1 amide bonds. The van der Waals surface area contributed by atoms with Crippen molar-refractivity contribution in [2.75, 3.05) is 12.9 Å². The minimum absolute atomic E-state index is 0.00949. The fraction of sp³-hybridized carbons (Fsp3) is 0.500. The minimum Gasteiger partial charge on any atom is -0.452 e. The Morgan fingerprint density at radius 1 is 1.04 bits per heavy atom.